The maximum absolute atomic E-state index is 2.53. The fourth-order valence-corrected chi connectivity index (χ4v) is 5.37. The van der Waals surface area contributed by atoms with Gasteiger partial charge < -0.3 is 0 Å². The number of pyridine rings is 1. The standard InChI is InChI=1S/C27H24N/c1-27(2,3)26-21-10-6-4-8-17(21)14-19-16-24-22(25(19)26)13-12-20-15-18-9-5-7-11-23(18)28(20)24/h4-14H,15-16H2,1-3H3/q+1. The van der Waals surface area contributed by atoms with Gasteiger partial charge in [0.2, 0.25) is 5.69 Å². The summed E-state index contributed by atoms with van der Waals surface area (Å²) in [6.45, 7) is 7.05. The summed E-state index contributed by atoms with van der Waals surface area (Å²) in [6, 6.07) is 24.9. The van der Waals surface area contributed by atoms with Crippen LogP contribution in [0.25, 0.3) is 27.6 Å². The molecule has 0 saturated heterocycles. The average Bonchev–Trinajstić information content (AvgIpc) is 3.22. The molecule has 6 rings (SSSR count). The van der Waals surface area contributed by atoms with Crippen molar-refractivity contribution in [2.45, 2.75) is 39.0 Å². The molecule has 2 aliphatic rings. The Bertz CT molecular complexity index is 1290. The normalized spacial score (nSPS) is 14.0. The summed E-state index contributed by atoms with van der Waals surface area (Å²) < 4.78 is 2.53. The van der Waals surface area contributed by atoms with Crippen molar-refractivity contribution in [3.05, 3.63) is 94.8 Å². The molecule has 1 heteroatoms. The lowest BCUT2D eigenvalue weighted by Gasteiger charge is -2.25. The Balaban J connectivity index is 1.71. The molecule has 2 heterocycles. The molecule has 0 amide bonds. The number of benzene rings is 3. The predicted octanol–water partition coefficient (Wildman–Crippen LogP) is 5.89. The Kier molecular flexibility index (Phi) is 3.05. The molecule has 0 unspecified atom stereocenters. The fourth-order valence-electron chi connectivity index (χ4n) is 5.37. The first-order chi connectivity index (χ1) is 13.5. The van der Waals surface area contributed by atoms with Crippen LogP contribution in [0.2, 0.25) is 0 Å². The third-order valence-corrected chi connectivity index (χ3v) is 6.42. The molecule has 0 spiro atoms. The van der Waals surface area contributed by atoms with E-state index >= 15 is 0 Å². The number of hydrogen-bond acceptors (Lipinski definition) is 0. The molecule has 3 aromatic carbocycles. The molecule has 0 N–H and O–H groups in total. The SMILES string of the molecule is CC(C)(C)c1c2c(cc3ccccc13)Cc1c-2ccc2[n+]1-c1ccccc1C2. The minimum absolute atomic E-state index is 0.0914. The second-order valence-electron chi connectivity index (χ2n) is 9.26. The van der Waals surface area contributed by atoms with Crippen LogP contribution in [-0.2, 0) is 18.3 Å². The largest absolute Gasteiger partial charge is 0.214 e. The Morgan fingerprint density at radius 3 is 2.43 bits per heavy atom. The lowest BCUT2D eigenvalue weighted by molar-refractivity contribution is -0.604. The second kappa shape index (κ2) is 5.32. The van der Waals surface area contributed by atoms with Crippen molar-refractivity contribution in [3.63, 3.8) is 0 Å². The van der Waals surface area contributed by atoms with Crippen LogP contribution in [0.3, 0.4) is 0 Å². The monoisotopic (exact) mass is 362 g/mol. The molecular formula is C27H24N+. The maximum atomic E-state index is 2.53. The third-order valence-electron chi connectivity index (χ3n) is 6.42. The smallest absolute Gasteiger partial charge is 0.160 e. The zero-order chi connectivity index (χ0) is 19.0. The van der Waals surface area contributed by atoms with Crippen molar-refractivity contribution in [2.24, 2.45) is 0 Å². The van der Waals surface area contributed by atoms with Crippen LogP contribution in [-0.4, -0.2) is 0 Å². The van der Waals surface area contributed by atoms with E-state index in [0.29, 0.717) is 0 Å². The molecule has 28 heavy (non-hydrogen) atoms. The summed E-state index contributed by atoms with van der Waals surface area (Å²) in [5.41, 5.74) is 11.6. The predicted molar refractivity (Wildman–Crippen MR) is 115 cm³/mol. The van der Waals surface area contributed by atoms with E-state index in [1.54, 1.807) is 0 Å². The Hall–Kier alpha value is -2.93. The van der Waals surface area contributed by atoms with Crippen molar-refractivity contribution in [1.82, 2.24) is 0 Å². The van der Waals surface area contributed by atoms with Crippen LogP contribution in [0.1, 0.15) is 48.8 Å². The quantitative estimate of drug-likeness (QED) is 0.297. The van der Waals surface area contributed by atoms with Gasteiger partial charge >= 0.3 is 0 Å². The van der Waals surface area contributed by atoms with E-state index in [0.717, 1.165) is 12.8 Å². The topological polar surface area (TPSA) is 3.88 Å². The zero-order valence-corrected chi connectivity index (χ0v) is 16.7. The molecule has 136 valence electrons. The van der Waals surface area contributed by atoms with Crippen LogP contribution >= 0.6 is 0 Å². The molecular weight excluding hydrogens is 338 g/mol. The first kappa shape index (κ1) is 16.1. The van der Waals surface area contributed by atoms with Crippen LogP contribution in [0.15, 0.2) is 66.7 Å². The minimum atomic E-state index is 0.0914. The van der Waals surface area contributed by atoms with Crippen molar-refractivity contribution in [1.29, 1.82) is 0 Å². The highest BCUT2D eigenvalue weighted by atomic mass is 15.0. The number of aromatic nitrogens is 1. The summed E-state index contributed by atoms with van der Waals surface area (Å²) in [5.74, 6) is 0. The van der Waals surface area contributed by atoms with Crippen LogP contribution in [0.5, 0.6) is 0 Å². The molecule has 1 nitrogen and oxygen atoms in total. The van der Waals surface area contributed by atoms with Gasteiger partial charge in [0.15, 0.2) is 11.4 Å². The van der Waals surface area contributed by atoms with Gasteiger partial charge in [-0.25, -0.2) is 0 Å². The highest BCUT2D eigenvalue weighted by molar-refractivity contribution is 5.96. The van der Waals surface area contributed by atoms with E-state index in [1.807, 2.05) is 0 Å². The highest BCUT2D eigenvalue weighted by Crippen LogP contribution is 2.46. The van der Waals surface area contributed by atoms with E-state index in [1.165, 1.54) is 55.7 Å². The van der Waals surface area contributed by atoms with Crippen molar-refractivity contribution in [3.8, 4) is 16.8 Å². The number of hydrogen-bond donors (Lipinski definition) is 0. The van der Waals surface area contributed by atoms with Gasteiger partial charge in [0.25, 0.3) is 0 Å². The first-order valence-electron chi connectivity index (χ1n) is 10.2. The summed E-state index contributed by atoms with van der Waals surface area (Å²) >= 11 is 0. The first-order valence-corrected chi connectivity index (χ1v) is 10.2. The summed E-state index contributed by atoms with van der Waals surface area (Å²) in [6.07, 6.45) is 2.05. The summed E-state index contributed by atoms with van der Waals surface area (Å²) in [4.78, 5) is 0. The fraction of sp³-hybridized carbons (Fsp3) is 0.222. The van der Waals surface area contributed by atoms with Gasteiger partial charge in [-0.2, -0.15) is 4.57 Å². The lowest BCUT2D eigenvalue weighted by atomic mass is 9.78. The van der Waals surface area contributed by atoms with E-state index in [9.17, 15) is 0 Å². The minimum Gasteiger partial charge on any atom is -0.160 e. The maximum Gasteiger partial charge on any atom is 0.214 e. The summed E-state index contributed by atoms with van der Waals surface area (Å²) in [7, 11) is 0. The van der Waals surface area contributed by atoms with Gasteiger partial charge in [-0.15, -0.1) is 0 Å². The van der Waals surface area contributed by atoms with E-state index in [2.05, 4.69) is 92.1 Å². The zero-order valence-electron chi connectivity index (χ0n) is 16.7. The van der Waals surface area contributed by atoms with Crippen molar-refractivity contribution in [2.75, 3.05) is 0 Å². The molecule has 1 aromatic heterocycles. The molecule has 0 bridgehead atoms. The second-order valence-corrected chi connectivity index (χ2v) is 9.26. The van der Waals surface area contributed by atoms with Gasteiger partial charge in [-0.1, -0.05) is 63.2 Å². The molecule has 0 atom stereocenters. The number of para-hydroxylation sites is 1. The van der Waals surface area contributed by atoms with Crippen LogP contribution in [0.4, 0.5) is 0 Å². The Morgan fingerprint density at radius 2 is 1.57 bits per heavy atom. The molecule has 0 radical (unpaired) electrons. The van der Waals surface area contributed by atoms with Gasteiger partial charge in [0, 0.05) is 17.7 Å². The van der Waals surface area contributed by atoms with Crippen LogP contribution < -0.4 is 4.57 Å². The molecule has 1 aliphatic carbocycles. The van der Waals surface area contributed by atoms with E-state index in [4.69, 9.17) is 0 Å². The lowest BCUT2D eigenvalue weighted by Crippen LogP contribution is -2.36. The Labute approximate surface area is 166 Å². The van der Waals surface area contributed by atoms with Gasteiger partial charge in [-0.05, 0) is 45.0 Å². The van der Waals surface area contributed by atoms with Crippen molar-refractivity contribution >= 4 is 10.8 Å². The molecule has 4 aromatic rings. The van der Waals surface area contributed by atoms with Crippen LogP contribution in [0, 0.1) is 0 Å². The van der Waals surface area contributed by atoms with Gasteiger partial charge in [0.05, 0.1) is 18.4 Å². The average molecular weight is 362 g/mol. The highest BCUT2D eigenvalue weighted by Gasteiger charge is 2.38. The molecule has 0 saturated carbocycles. The molecule has 0 fully saturated rings. The Morgan fingerprint density at radius 1 is 0.786 bits per heavy atom. The molecule has 1 aliphatic heterocycles. The van der Waals surface area contributed by atoms with Crippen molar-refractivity contribution < 1.29 is 4.57 Å². The summed E-state index contributed by atoms with van der Waals surface area (Å²) in [5, 5.41) is 2.76. The van der Waals surface area contributed by atoms with E-state index < -0.39 is 0 Å². The van der Waals surface area contributed by atoms with E-state index in [-0.39, 0.29) is 5.41 Å². The van der Waals surface area contributed by atoms with Gasteiger partial charge in [-0.3, -0.25) is 0 Å². The third kappa shape index (κ3) is 2.05. The number of fused-ring (bicyclic) bond motifs is 8. The number of nitrogens with zero attached hydrogens (tertiary/aromatic N) is 1. The van der Waals surface area contributed by atoms with Gasteiger partial charge in [0.1, 0.15) is 0 Å². The number of rotatable bonds is 0.